The lowest BCUT2D eigenvalue weighted by molar-refractivity contribution is -0.121. The molecule has 4 heteroatoms. The van der Waals surface area contributed by atoms with Crippen molar-refractivity contribution < 1.29 is 4.79 Å². The van der Waals surface area contributed by atoms with Crippen LogP contribution in [0.25, 0.3) is 0 Å². The Labute approximate surface area is 93.9 Å². The average molecular weight is 224 g/mol. The zero-order valence-corrected chi connectivity index (χ0v) is 9.72. The number of amides is 1. The van der Waals surface area contributed by atoms with E-state index in [4.69, 9.17) is 0 Å². The van der Waals surface area contributed by atoms with E-state index in [1.54, 1.807) is 16.8 Å². The quantitative estimate of drug-likeness (QED) is 0.831. The Morgan fingerprint density at radius 3 is 3.13 bits per heavy atom. The smallest absolute Gasteiger partial charge is 0.220 e. The van der Waals surface area contributed by atoms with Crippen LogP contribution in [0.2, 0.25) is 0 Å². The third-order valence-electron chi connectivity index (χ3n) is 2.81. The third kappa shape index (κ3) is 3.30. The molecule has 1 aromatic rings. The second kappa shape index (κ2) is 4.75. The maximum Gasteiger partial charge on any atom is 0.220 e. The van der Waals surface area contributed by atoms with Crippen LogP contribution in [0.15, 0.2) is 10.9 Å². The topological polar surface area (TPSA) is 42.0 Å². The second-order valence-electron chi connectivity index (χ2n) is 4.17. The SMILES string of the molecule is CC(NC(=O)CCc1cscn1)C1CC1. The van der Waals surface area contributed by atoms with Crippen molar-refractivity contribution in [2.75, 3.05) is 0 Å². The number of carbonyl (C=O) groups excluding carboxylic acids is 1. The Morgan fingerprint density at radius 1 is 1.73 bits per heavy atom. The number of hydrogen-bond acceptors (Lipinski definition) is 3. The van der Waals surface area contributed by atoms with Gasteiger partial charge in [0.2, 0.25) is 5.91 Å². The molecule has 82 valence electrons. The van der Waals surface area contributed by atoms with Crippen LogP contribution in [0.4, 0.5) is 0 Å². The Kier molecular flexibility index (Phi) is 3.36. The van der Waals surface area contributed by atoms with Crippen molar-refractivity contribution >= 4 is 17.2 Å². The number of aromatic nitrogens is 1. The summed E-state index contributed by atoms with van der Waals surface area (Å²) < 4.78 is 0. The van der Waals surface area contributed by atoms with E-state index in [-0.39, 0.29) is 5.91 Å². The molecular weight excluding hydrogens is 208 g/mol. The lowest BCUT2D eigenvalue weighted by atomic mass is 10.2. The highest BCUT2D eigenvalue weighted by Gasteiger charge is 2.28. The summed E-state index contributed by atoms with van der Waals surface area (Å²) in [5.41, 5.74) is 2.83. The number of carbonyl (C=O) groups is 1. The van der Waals surface area contributed by atoms with Crippen molar-refractivity contribution in [1.82, 2.24) is 10.3 Å². The van der Waals surface area contributed by atoms with Crippen molar-refractivity contribution in [3.63, 3.8) is 0 Å². The summed E-state index contributed by atoms with van der Waals surface area (Å²) in [4.78, 5) is 15.7. The average Bonchev–Trinajstić information content (AvgIpc) is 2.93. The van der Waals surface area contributed by atoms with E-state index in [2.05, 4.69) is 17.2 Å². The fourth-order valence-corrected chi connectivity index (χ4v) is 2.24. The van der Waals surface area contributed by atoms with E-state index in [1.165, 1.54) is 12.8 Å². The molecule has 0 radical (unpaired) electrons. The summed E-state index contributed by atoms with van der Waals surface area (Å²) in [5.74, 6) is 0.885. The van der Waals surface area contributed by atoms with Gasteiger partial charge in [0.05, 0.1) is 11.2 Å². The highest BCUT2D eigenvalue weighted by atomic mass is 32.1. The molecule has 1 atom stereocenters. The molecule has 1 saturated carbocycles. The molecule has 1 fully saturated rings. The number of thiazole rings is 1. The number of rotatable bonds is 5. The summed E-state index contributed by atoms with van der Waals surface area (Å²) in [6, 6.07) is 0.355. The van der Waals surface area contributed by atoms with Gasteiger partial charge in [0.25, 0.3) is 0 Å². The van der Waals surface area contributed by atoms with E-state index in [9.17, 15) is 4.79 Å². The van der Waals surface area contributed by atoms with Crippen molar-refractivity contribution in [1.29, 1.82) is 0 Å². The molecule has 1 aliphatic carbocycles. The summed E-state index contributed by atoms with van der Waals surface area (Å²) in [7, 11) is 0. The molecule has 0 aliphatic heterocycles. The summed E-state index contributed by atoms with van der Waals surface area (Å²) in [5, 5.41) is 5.04. The summed E-state index contributed by atoms with van der Waals surface area (Å²) in [6.07, 6.45) is 3.86. The van der Waals surface area contributed by atoms with Crippen LogP contribution in [0, 0.1) is 5.92 Å². The molecule has 0 saturated heterocycles. The van der Waals surface area contributed by atoms with Gasteiger partial charge in [-0.2, -0.15) is 0 Å². The van der Waals surface area contributed by atoms with Crippen LogP contribution in [-0.4, -0.2) is 16.9 Å². The van der Waals surface area contributed by atoms with Crippen LogP contribution in [0.5, 0.6) is 0 Å². The molecule has 1 heterocycles. The molecule has 15 heavy (non-hydrogen) atoms. The number of nitrogens with zero attached hydrogens (tertiary/aromatic N) is 1. The largest absolute Gasteiger partial charge is 0.353 e. The highest BCUT2D eigenvalue weighted by Crippen LogP contribution is 2.32. The normalized spacial score (nSPS) is 17.4. The molecule has 1 N–H and O–H groups in total. The van der Waals surface area contributed by atoms with Gasteiger partial charge >= 0.3 is 0 Å². The molecule has 1 unspecified atom stereocenters. The maximum atomic E-state index is 11.5. The number of nitrogens with one attached hydrogen (secondary N) is 1. The molecule has 2 rings (SSSR count). The second-order valence-corrected chi connectivity index (χ2v) is 4.89. The minimum Gasteiger partial charge on any atom is -0.353 e. The molecule has 0 aromatic carbocycles. The number of hydrogen-bond donors (Lipinski definition) is 1. The van der Waals surface area contributed by atoms with Gasteiger partial charge in [-0.25, -0.2) is 4.98 Å². The van der Waals surface area contributed by atoms with Gasteiger partial charge in [0.1, 0.15) is 0 Å². The third-order valence-corrected chi connectivity index (χ3v) is 3.44. The van der Waals surface area contributed by atoms with Crippen molar-refractivity contribution in [2.45, 2.75) is 38.6 Å². The van der Waals surface area contributed by atoms with Crippen LogP contribution in [0.3, 0.4) is 0 Å². The van der Waals surface area contributed by atoms with Crippen LogP contribution >= 0.6 is 11.3 Å². The first-order valence-electron chi connectivity index (χ1n) is 5.42. The first-order valence-corrected chi connectivity index (χ1v) is 6.36. The molecule has 1 aromatic heterocycles. The standard InChI is InChI=1S/C11H16N2OS/c1-8(9-2-3-9)13-11(14)5-4-10-6-15-7-12-10/h6-9H,2-5H2,1H3,(H,13,14). The minimum absolute atomic E-state index is 0.155. The van der Waals surface area contributed by atoms with Gasteiger partial charge < -0.3 is 5.32 Å². The zero-order chi connectivity index (χ0) is 10.7. The first kappa shape index (κ1) is 10.6. The molecule has 3 nitrogen and oxygen atoms in total. The van der Waals surface area contributed by atoms with E-state index in [0.717, 1.165) is 18.0 Å². The predicted octanol–water partition coefficient (Wildman–Crippen LogP) is 1.99. The molecule has 1 aliphatic rings. The van der Waals surface area contributed by atoms with Crippen LogP contribution in [0.1, 0.15) is 31.9 Å². The van der Waals surface area contributed by atoms with Crippen molar-refractivity contribution in [3.8, 4) is 0 Å². The van der Waals surface area contributed by atoms with E-state index < -0.39 is 0 Å². The number of aryl methyl sites for hydroxylation is 1. The molecule has 0 spiro atoms. The van der Waals surface area contributed by atoms with E-state index in [0.29, 0.717) is 12.5 Å². The van der Waals surface area contributed by atoms with Gasteiger partial charge in [-0.05, 0) is 32.1 Å². The van der Waals surface area contributed by atoms with Gasteiger partial charge in [-0.15, -0.1) is 11.3 Å². The Bertz CT molecular complexity index is 319. The van der Waals surface area contributed by atoms with Gasteiger partial charge in [-0.3, -0.25) is 4.79 Å². The van der Waals surface area contributed by atoms with Crippen molar-refractivity contribution in [2.24, 2.45) is 5.92 Å². The van der Waals surface area contributed by atoms with Gasteiger partial charge in [0.15, 0.2) is 0 Å². The zero-order valence-electron chi connectivity index (χ0n) is 8.90. The monoisotopic (exact) mass is 224 g/mol. The van der Waals surface area contributed by atoms with Gasteiger partial charge in [-0.1, -0.05) is 0 Å². The molecule has 0 bridgehead atoms. The Morgan fingerprint density at radius 2 is 2.53 bits per heavy atom. The Hall–Kier alpha value is -0.900. The van der Waals surface area contributed by atoms with Crippen molar-refractivity contribution in [3.05, 3.63) is 16.6 Å². The minimum atomic E-state index is 0.155. The predicted molar refractivity (Wildman–Crippen MR) is 60.8 cm³/mol. The highest BCUT2D eigenvalue weighted by molar-refractivity contribution is 7.07. The van der Waals surface area contributed by atoms with Gasteiger partial charge in [0, 0.05) is 17.8 Å². The summed E-state index contributed by atoms with van der Waals surface area (Å²) >= 11 is 1.58. The molecular formula is C11H16N2OS. The fraction of sp³-hybridized carbons (Fsp3) is 0.636. The lowest BCUT2D eigenvalue weighted by Gasteiger charge is -2.11. The summed E-state index contributed by atoms with van der Waals surface area (Å²) in [6.45, 7) is 2.10. The maximum absolute atomic E-state index is 11.5. The van der Waals surface area contributed by atoms with E-state index in [1.807, 2.05) is 5.38 Å². The first-order chi connectivity index (χ1) is 7.25. The molecule has 1 amide bonds. The van der Waals surface area contributed by atoms with Crippen LogP contribution in [-0.2, 0) is 11.2 Å². The Balaban J connectivity index is 1.68. The lowest BCUT2D eigenvalue weighted by Crippen LogP contribution is -2.34. The van der Waals surface area contributed by atoms with Crippen LogP contribution < -0.4 is 5.32 Å². The van der Waals surface area contributed by atoms with E-state index >= 15 is 0 Å². The fourth-order valence-electron chi connectivity index (χ4n) is 1.64.